The van der Waals surface area contributed by atoms with Crippen molar-refractivity contribution in [3.05, 3.63) is 12.7 Å². The molecule has 0 saturated heterocycles. The molecule has 19 heavy (non-hydrogen) atoms. The second-order valence-corrected chi connectivity index (χ2v) is 8.28. The first-order chi connectivity index (χ1) is 8.95. The lowest BCUT2D eigenvalue weighted by atomic mass is 10.8. The van der Waals surface area contributed by atoms with E-state index < -0.39 is 18.8 Å². The largest absolute Gasteiger partial charge is 0.502 e. The van der Waals surface area contributed by atoms with Crippen LogP contribution in [0.3, 0.4) is 0 Å². The minimum Gasteiger partial charge on any atom is -0.374 e. The Bertz CT molecular complexity index is 330. The lowest BCUT2D eigenvalue weighted by Crippen LogP contribution is -2.48. The van der Waals surface area contributed by atoms with E-state index in [0.717, 1.165) is 0 Å². The van der Waals surface area contributed by atoms with E-state index in [1.807, 2.05) is 20.8 Å². The first kappa shape index (κ1) is 18.7. The molecule has 0 aliphatic rings. The van der Waals surface area contributed by atoms with E-state index in [4.69, 9.17) is 13.3 Å². The summed E-state index contributed by atoms with van der Waals surface area (Å²) in [6.07, 6.45) is 1.35. The summed E-state index contributed by atoms with van der Waals surface area (Å²) in [4.78, 5) is 0. The van der Waals surface area contributed by atoms with Crippen LogP contribution in [0.5, 0.6) is 0 Å². The molecule has 0 radical (unpaired) electrons. The normalized spacial score (nSPS) is 12.6. The predicted octanol–water partition coefficient (Wildman–Crippen LogP) is 1.14. The fourth-order valence-electron chi connectivity index (χ4n) is 1.57. The molecule has 0 amide bonds. The van der Waals surface area contributed by atoms with Crippen LogP contribution in [0.4, 0.5) is 0 Å². The van der Waals surface area contributed by atoms with Crippen LogP contribution < -0.4 is 4.72 Å². The van der Waals surface area contributed by atoms with Crippen LogP contribution in [0.25, 0.3) is 0 Å². The predicted molar refractivity (Wildman–Crippen MR) is 77.4 cm³/mol. The summed E-state index contributed by atoms with van der Waals surface area (Å²) in [5, 5.41) is 0. The third kappa shape index (κ3) is 7.80. The zero-order valence-corrected chi connectivity index (χ0v) is 13.8. The van der Waals surface area contributed by atoms with Crippen LogP contribution in [-0.4, -0.2) is 49.3 Å². The smallest absolute Gasteiger partial charge is 0.374 e. The molecule has 0 aliphatic carbocycles. The van der Waals surface area contributed by atoms with Crippen LogP contribution in [0.1, 0.15) is 20.8 Å². The molecule has 8 heteroatoms. The van der Waals surface area contributed by atoms with Crippen molar-refractivity contribution in [2.24, 2.45) is 0 Å². The van der Waals surface area contributed by atoms with Gasteiger partial charge in [-0.3, -0.25) is 0 Å². The number of hydrogen-bond donors (Lipinski definition) is 1. The number of rotatable bonds is 12. The Kier molecular flexibility index (Phi) is 9.49. The number of sulfonamides is 1. The van der Waals surface area contributed by atoms with Gasteiger partial charge in [0.25, 0.3) is 0 Å². The van der Waals surface area contributed by atoms with Gasteiger partial charge in [0.1, 0.15) is 0 Å². The first-order valence-electron chi connectivity index (χ1n) is 6.45. The number of hydrogen-bond acceptors (Lipinski definition) is 5. The van der Waals surface area contributed by atoms with Gasteiger partial charge in [-0.2, -0.15) is 0 Å². The van der Waals surface area contributed by atoms with Crippen LogP contribution in [0.15, 0.2) is 12.7 Å². The molecule has 0 heterocycles. The Hall–Kier alpha value is -0.253. The van der Waals surface area contributed by atoms with Crippen molar-refractivity contribution in [2.75, 3.05) is 32.1 Å². The first-order valence-corrected chi connectivity index (χ1v) is 10.0. The van der Waals surface area contributed by atoms with E-state index in [9.17, 15) is 8.42 Å². The van der Waals surface area contributed by atoms with Gasteiger partial charge in [-0.25, -0.2) is 13.1 Å². The monoisotopic (exact) mass is 311 g/mol. The van der Waals surface area contributed by atoms with E-state index in [1.54, 1.807) is 0 Å². The van der Waals surface area contributed by atoms with Crippen molar-refractivity contribution in [3.8, 4) is 0 Å². The highest BCUT2D eigenvalue weighted by atomic mass is 32.2. The highest BCUT2D eigenvalue weighted by molar-refractivity contribution is 7.89. The van der Waals surface area contributed by atoms with Crippen molar-refractivity contribution in [2.45, 2.75) is 26.8 Å². The molecular weight excluding hydrogens is 286 g/mol. The van der Waals surface area contributed by atoms with Gasteiger partial charge in [-0.15, -0.1) is 6.58 Å². The lowest BCUT2D eigenvalue weighted by molar-refractivity contribution is 0.0717. The van der Waals surface area contributed by atoms with Gasteiger partial charge >= 0.3 is 8.80 Å². The number of nitrogens with one attached hydrogen (secondary N) is 1. The Balaban J connectivity index is 4.51. The average Bonchev–Trinajstić information content (AvgIpc) is 2.29. The van der Waals surface area contributed by atoms with E-state index in [-0.39, 0.29) is 12.3 Å². The van der Waals surface area contributed by atoms with Gasteiger partial charge in [0, 0.05) is 32.4 Å². The molecule has 0 fully saturated rings. The highest BCUT2D eigenvalue weighted by Crippen LogP contribution is 2.15. The lowest BCUT2D eigenvalue weighted by Gasteiger charge is -2.28. The Morgan fingerprint density at radius 1 is 1.11 bits per heavy atom. The summed E-state index contributed by atoms with van der Waals surface area (Å²) in [5.41, 5.74) is 0. The summed E-state index contributed by atoms with van der Waals surface area (Å²) >= 11 is 0. The summed E-state index contributed by atoms with van der Waals surface area (Å²) in [5.74, 6) is -0.0978. The average molecular weight is 311 g/mol. The molecule has 0 bridgehead atoms. The molecule has 6 nitrogen and oxygen atoms in total. The third-order valence-electron chi connectivity index (χ3n) is 2.18. The fourth-order valence-corrected chi connectivity index (χ4v) is 5.03. The van der Waals surface area contributed by atoms with Crippen molar-refractivity contribution in [3.63, 3.8) is 0 Å². The van der Waals surface area contributed by atoms with Crippen molar-refractivity contribution >= 4 is 18.8 Å². The molecule has 0 aromatic heterocycles. The molecule has 0 atom stereocenters. The maximum atomic E-state index is 11.5. The Morgan fingerprint density at radius 3 is 1.95 bits per heavy atom. The quantitative estimate of drug-likeness (QED) is 0.432. The van der Waals surface area contributed by atoms with Crippen LogP contribution in [-0.2, 0) is 23.3 Å². The van der Waals surface area contributed by atoms with Gasteiger partial charge in [0.15, 0.2) is 0 Å². The van der Waals surface area contributed by atoms with Crippen LogP contribution in [0, 0.1) is 0 Å². The van der Waals surface area contributed by atoms with E-state index in [1.165, 1.54) is 6.08 Å². The molecule has 0 unspecified atom stereocenters. The topological polar surface area (TPSA) is 73.9 Å². The molecule has 0 aliphatic heterocycles. The molecule has 0 spiro atoms. The van der Waals surface area contributed by atoms with E-state index in [0.29, 0.717) is 25.9 Å². The van der Waals surface area contributed by atoms with E-state index >= 15 is 0 Å². The molecular formula is C11H25NO5SSi. The molecule has 0 aromatic carbocycles. The summed E-state index contributed by atoms with van der Waals surface area (Å²) < 4.78 is 42.4. The standard InChI is InChI=1S/C11H25NO5SSi/c1-5-10-18(13,14)12-9-11-19(15-6-2,16-7-3)17-8-4/h5,12H,1,6-11H2,2-4H3. The van der Waals surface area contributed by atoms with Gasteiger partial charge in [0.05, 0.1) is 5.75 Å². The minimum atomic E-state index is -3.31. The summed E-state index contributed by atoms with van der Waals surface area (Å²) in [6.45, 7) is 10.7. The second kappa shape index (κ2) is 9.62. The molecule has 114 valence electrons. The van der Waals surface area contributed by atoms with Gasteiger partial charge in [-0.05, 0) is 20.8 Å². The second-order valence-electron chi connectivity index (χ2n) is 3.70. The SMILES string of the molecule is C=CCS(=O)(=O)NCC[Si](OCC)(OCC)OCC. The van der Waals surface area contributed by atoms with Crippen molar-refractivity contribution in [1.29, 1.82) is 0 Å². The van der Waals surface area contributed by atoms with Crippen molar-refractivity contribution in [1.82, 2.24) is 4.72 Å². The molecule has 0 saturated carbocycles. The van der Waals surface area contributed by atoms with Gasteiger partial charge in [0.2, 0.25) is 10.0 Å². The fraction of sp³-hybridized carbons (Fsp3) is 0.818. The summed E-state index contributed by atoms with van der Waals surface area (Å²) in [7, 11) is -6.08. The van der Waals surface area contributed by atoms with E-state index in [2.05, 4.69) is 11.3 Å². The van der Waals surface area contributed by atoms with Gasteiger partial charge in [-0.1, -0.05) is 6.08 Å². The maximum absolute atomic E-state index is 11.5. The van der Waals surface area contributed by atoms with Crippen LogP contribution in [0.2, 0.25) is 6.04 Å². The molecule has 0 rings (SSSR count). The zero-order valence-electron chi connectivity index (χ0n) is 12.0. The van der Waals surface area contributed by atoms with Crippen molar-refractivity contribution < 1.29 is 21.7 Å². The minimum absolute atomic E-state index is 0.0978. The third-order valence-corrected chi connectivity index (χ3v) is 6.55. The molecule has 0 aromatic rings. The maximum Gasteiger partial charge on any atom is 0.502 e. The summed E-state index contributed by atoms with van der Waals surface area (Å²) in [6, 6.07) is 0.416. The van der Waals surface area contributed by atoms with Gasteiger partial charge < -0.3 is 13.3 Å². The van der Waals surface area contributed by atoms with Crippen LogP contribution >= 0.6 is 0 Å². The Labute approximate surface area is 117 Å². The Morgan fingerprint density at radius 2 is 1.58 bits per heavy atom. The molecule has 1 N–H and O–H groups in total. The zero-order chi connectivity index (χ0) is 14.8. The highest BCUT2D eigenvalue weighted by Gasteiger charge is 2.40.